The first-order chi connectivity index (χ1) is 12.9. The molecule has 0 bridgehead atoms. The molecule has 5 heteroatoms. The highest BCUT2D eigenvalue weighted by molar-refractivity contribution is 6.30. The lowest BCUT2D eigenvalue weighted by atomic mass is 9.89. The lowest BCUT2D eigenvalue weighted by Gasteiger charge is -2.18. The summed E-state index contributed by atoms with van der Waals surface area (Å²) >= 11 is 5.99. The molecular formula is C22H25ClF2N2. The number of rotatable bonds is 4. The van der Waals surface area contributed by atoms with Crippen molar-refractivity contribution in [2.24, 2.45) is 0 Å². The van der Waals surface area contributed by atoms with Gasteiger partial charge in [-0.3, -0.25) is 0 Å². The monoisotopic (exact) mass is 390 g/mol. The fraction of sp³-hybridized carbons (Fsp3) is 0.318. The summed E-state index contributed by atoms with van der Waals surface area (Å²) in [6.07, 6.45) is 0.590. The van der Waals surface area contributed by atoms with Crippen LogP contribution in [-0.4, -0.2) is 9.97 Å². The molecule has 1 aromatic heterocycles. The Bertz CT molecular complexity index is 899. The van der Waals surface area contributed by atoms with Gasteiger partial charge < -0.3 is 4.98 Å². The van der Waals surface area contributed by atoms with E-state index >= 15 is 0 Å². The normalized spacial score (nSPS) is 11.7. The molecule has 0 aliphatic carbocycles. The number of aromatic amines is 1. The van der Waals surface area contributed by atoms with Crippen molar-refractivity contribution in [1.29, 1.82) is 0 Å². The van der Waals surface area contributed by atoms with Gasteiger partial charge in [0.15, 0.2) is 0 Å². The van der Waals surface area contributed by atoms with E-state index in [1.807, 2.05) is 40.7 Å². The van der Waals surface area contributed by atoms with Crippen LogP contribution in [0, 0.1) is 25.5 Å². The summed E-state index contributed by atoms with van der Waals surface area (Å²) in [6.45, 7) is 9.78. The van der Waals surface area contributed by atoms with E-state index in [0.717, 1.165) is 28.3 Å². The van der Waals surface area contributed by atoms with Crippen molar-refractivity contribution in [3.05, 3.63) is 87.0 Å². The molecule has 3 rings (SSSR count). The molecule has 0 radical (unpaired) electrons. The maximum Gasteiger partial charge on any atom is 0.141 e. The number of hydrogen-bond acceptors (Lipinski definition) is 1. The standard InChI is InChI=1S/C20H19ClF2N2.C2H6/c1-4-13-9-14(5-7-17(13)22)19(20-24-11(2)12(3)25-20)15-6-8-18(23)16(21)10-15;1-2/h5-10,19H,4H2,1-3H3,(H,24,25);1-2H3. The molecular weight excluding hydrogens is 366 g/mol. The first kappa shape index (κ1) is 21.1. The van der Waals surface area contributed by atoms with Crippen LogP contribution in [0.25, 0.3) is 0 Å². The highest BCUT2D eigenvalue weighted by Crippen LogP contribution is 2.33. The van der Waals surface area contributed by atoms with Crippen LogP contribution in [0.2, 0.25) is 5.02 Å². The van der Waals surface area contributed by atoms with Crippen LogP contribution in [0.5, 0.6) is 0 Å². The van der Waals surface area contributed by atoms with Crippen LogP contribution in [-0.2, 0) is 6.42 Å². The predicted octanol–water partition coefficient (Wildman–Crippen LogP) is 6.73. The second kappa shape index (κ2) is 9.14. The van der Waals surface area contributed by atoms with Gasteiger partial charge in [0.05, 0.1) is 16.6 Å². The van der Waals surface area contributed by atoms with Gasteiger partial charge in [0, 0.05) is 5.69 Å². The number of halogens is 3. The highest BCUT2D eigenvalue weighted by atomic mass is 35.5. The van der Waals surface area contributed by atoms with Crippen molar-refractivity contribution in [2.45, 2.75) is 47.0 Å². The third kappa shape index (κ3) is 4.56. The number of hydrogen-bond donors (Lipinski definition) is 1. The molecule has 3 aromatic rings. The average Bonchev–Trinajstić information content (AvgIpc) is 2.99. The van der Waals surface area contributed by atoms with Crippen LogP contribution in [0.3, 0.4) is 0 Å². The van der Waals surface area contributed by atoms with Crippen LogP contribution in [0.1, 0.15) is 60.6 Å². The molecule has 0 amide bonds. The molecule has 1 unspecified atom stereocenters. The first-order valence-electron chi connectivity index (χ1n) is 9.17. The Kier molecular flexibility index (Phi) is 7.14. The molecule has 27 heavy (non-hydrogen) atoms. The summed E-state index contributed by atoms with van der Waals surface area (Å²) in [5.74, 6) is -0.249. The second-order valence-electron chi connectivity index (χ2n) is 6.14. The number of benzene rings is 2. The Morgan fingerprint density at radius 2 is 1.59 bits per heavy atom. The van der Waals surface area contributed by atoms with Gasteiger partial charge in [-0.25, -0.2) is 13.8 Å². The van der Waals surface area contributed by atoms with Gasteiger partial charge in [-0.1, -0.05) is 50.6 Å². The predicted molar refractivity (Wildman–Crippen MR) is 108 cm³/mol. The van der Waals surface area contributed by atoms with E-state index < -0.39 is 5.82 Å². The number of nitrogens with one attached hydrogen (secondary N) is 1. The fourth-order valence-corrected chi connectivity index (χ4v) is 3.15. The van der Waals surface area contributed by atoms with E-state index in [9.17, 15) is 8.78 Å². The zero-order valence-electron chi connectivity index (χ0n) is 16.3. The molecule has 0 spiro atoms. The lowest BCUT2D eigenvalue weighted by molar-refractivity contribution is 0.610. The Morgan fingerprint density at radius 3 is 2.11 bits per heavy atom. The minimum atomic E-state index is -0.468. The van der Waals surface area contributed by atoms with Gasteiger partial charge >= 0.3 is 0 Å². The van der Waals surface area contributed by atoms with Crippen LogP contribution in [0.4, 0.5) is 8.78 Å². The maximum atomic E-state index is 13.9. The van der Waals surface area contributed by atoms with E-state index in [-0.39, 0.29) is 16.8 Å². The van der Waals surface area contributed by atoms with Gasteiger partial charge in [0.2, 0.25) is 0 Å². The van der Waals surface area contributed by atoms with Gasteiger partial charge in [0.1, 0.15) is 17.5 Å². The van der Waals surface area contributed by atoms with Crippen molar-refractivity contribution >= 4 is 11.6 Å². The molecule has 0 saturated carbocycles. The molecule has 144 valence electrons. The van der Waals surface area contributed by atoms with Gasteiger partial charge in [-0.05, 0) is 55.2 Å². The number of aryl methyl sites for hydroxylation is 3. The van der Waals surface area contributed by atoms with E-state index in [1.165, 1.54) is 12.1 Å². The Labute approximate surface area is 164 Å². The number of H-pyrrole nitrogens is 1. The smallest absolute Gasteiger partial charge is 0.141 e. The van der Waals surface area contributed by atoms with E-state index in [1.54, 1.807) is 18.2 Å². The number of aromatic nitrogens is 2. The van der Waals surface area contributed by atoms with E-state index in [4.69, 9.17) is 11.6 Å². The van der Waals surface area contributed by atoms with Crippen LogP contribution >= 0.6 is 11.6 Å². The van der Waals surface area contributed by atoms with Crippen LogP contribution < -0.4 is 0 Å². The van der Waals surface area contributed by atoms with E-state index in [2.05, 4.69) is 9.97 Å². The molecule has 2 aromatic carbocycles. The topological polar surface area (TPSA) is 28.7 Å². The first-order valence-corrected chi connectivity index (χ1v) is 9.54. The third-order valence-electron chi connectivity index (χ3n) is 4.48. The number of imidazole rings is 1. The summed E-state index contributed by atoms with van der Waals surface area (Å²) in [4.78, 5) is 7.89. The molecule has 1 heterocycles. The molecule has 0 aliphatic rings. The summed E-state index contributed by atoms with van der Waals surface area (Å²) in [6, 6.07) is 9.68. The lowest BCUT2D eigenvalue weighted by Crippen LogP contribution is -2.07. The summed E-state index contributed by atoms with van der Waals surface area (Å²) < 4.78 is 27.5. The van der Waals surface area contributed by atoms with Gasteiger partial charge in [-0.2, -0.15) is 0 Å². The Hall–Kier alpha value is -2.20. The molecule has 1 N–H and O–H groups in total. The quantitative estimate of drug-likeness (QED) is 0.525. The molecule has 0 saturated heterocycles. The van der Waals surface area contributed by atoms with Crippen molar-refractivity contribution in [3.63, 3.8) is 0 Å². The Balaban J connectivity index is 0.00000126. The summed E-state index contributed by atoms with van der Waals surface area (Å²) in [5, 5.41) is 0.0559. The Morgan fingerprint density at radius 1 is 1.00 bits per heavy atom. The molecule has 1 atom stereocenters. The van der Waals surface area contributed by atoms with E-state index in [0.29, 0.717) is 12.0 Å². The van der Waals surface area contributed by atoms with Crippen molar-refractivity contribution in [2.75, 3.05) is 0 Å². The molecule has 2 nitrogen and oxygen atoms in total. The largest absolute Gasteiger partial charge is 0.345 e. The average molecular weight is 391 g/mol. The molecule has 0 fully saturated rings. The van der Waals surface area contributed by atoms with Crippen LogP contribution in [0.15, 0.2) is 36.4 Å². The second-order valence-corrected chi connectivity index (χ2v) is 6.55. The fourth-order valence-electron chi connectivity index (χ4n) is 2.96. The SMILES string of the molecule is CC.CCc1cc(C(c2ccc(F)c(Cl)c2)c2nc(C)c(C)[nH]2)ccc1F. The molecule has 0 aliphatic heterocycles. The van der Waals surface area contributed by atoms with Crippen molar-refractivity contribution < 1.29 is 8.78 Å². The van der Waals surface area contributed by atoms with Gasteiger partial charge in [0.25, 0.3) is 0 Å². The van der Waals surface area contributed by atoms with Gasteiger partial charge in [-0.15, -0.1) is 0 Å². The highest BCUT2D eigenvalue weighted by Gasteiger charge is 2.22. The summed E-state index contributed by atoms with van der Waals surface area (Å²) in [7, 11) is 0. The minimum Gasteiger partial charge on any atom is -0.345 e. The zero-order chi connectivity index (χ0) is 20.1. The van der Waals surface area contributed by atoms with Crippen molar-refractivity contribution in [3.8, 4) is 0 Å². The summed E-state index contributed by atoms with van der Waals surface area (Å²) in [5.41, 5.74) is 4.18. The number of nitrogens with zero attached hydrogens (tertiary/aromatic N) is 1. The van der Waals surface area contributed by atoms with Crippen molar-refractivity contribution in [1.82, 2.24) is 9.97 Å². The maximum absolute atomic E-state index is 13.9. The third-order valence-corrected chi connectivity index (χ3v) is 4.77. The minimum absolute atomic E-state index is 0.0559. The zero-order valence-corrected chi connectivity index (χ0v) is 17.1.